The minimum atomic E-state index is -0.157. The van der Waals surface area contributed by atoms with Crippen molar-refractivity contribution >= 4 is 17.1 Å². The molecule has 1 aliphatic carbocycles. The summed E-state index contributed by atoms with van der Waals surface area (Å²) in [6.45, 7) is 0. The molecule has 1 fully saturated rings. The molecule has 1 aromatic carbocycles. The van der Waals surface area contributed by atoms with Gasteiger partial charge in [0.1, 0.15) is 6.33 Å². The van der Waals surface area contributed by atoms with Gasteiger partial charge in [0, 0.05) is 6.04 Å². The molecule has 2 aromatic rings. The first-order valence-electron chi connectivity index (χ1n) is 6.82. The largest absolute Gasteiger partial charge is 0.334 e. The molecule has 0 unspecified atom stereocenters. The third-order valence-electron chi connectivity index (χ3n) is 3.62. The number of amides is 2. The number of urea groups is 1. The van der Waals surface area contributed by atoms with Crippen molar-refractivity contribution in [2.75, 3.05) is 5.43 Å². The van der Waals surface area contributed by atoms with E-state index in [-0.39, 0.29) is 6.03 Å². The molecule has 3 rings (SSSR count). The Kier molecular flexibility index (Phi) is 3.35. The number of aromatic nitrogens is 2. The molecule has 1 aromatic heterocycles. The van der Waals surface area contributed by atoms with Gasteiger partial charge in [-0.1, -0.05) is 31.4 Å². The predicted molar refractivity (Wildman–Crippen MR) is 74.5 cm³/mol. The molecule has 0 bridgehead atoms. The molecule has 0 saturated heterocycles. The summed E-state index contributed by atoms with van der Waals surface area (Å²) in [5.74, 6) is 0. The number of fused-ring (bicyclic) bond motifs is 1. The van der Waals surface area contributed by atoms with Crippen LogP contribution in [0.15, 0.2) is 30.6 Å². The maximum atomic E-state index is 12.0. The highest BCUT2D eigenvalue weighted by molar-refractivity contribution is 5.85. The van der Waals surface area contributed by atoms with Gasteiger partial charge in [0.25, 0.3) is 0 Å². The third kappa shape index (κ3) is 2.70. The number of benzene rings is 1. The molecule has 5 heteroatoms. The second-order valence-corrected chi connectivity index (χ2v) is 5.02. The highest BCUT2D eigenvalue weighted by Crippen LogP contribution is 2.17. The fraction of sp³-hybridized carbons (Fsp3) is 0.429. The Bertz CT molecular complexity index is 572. The van der Waals surface area contributed by atoms with Gasteiger partial charge in [-0.2, -0.15) is 0 Å². The zero-order chi connectivity index (χ0) is 13.1. The Balaban J connectivity index is 1.65. The first kappa shape index (κ1) is 12.0. The van der Waals surface area contributed by atoms with Crippen LogP contribution in [0.5, 0.6) is 0 Å². The molecular weight excluding hydrogens is 240 g/mol. The summed E-state index contributed by atoms with van der Waals surface area (Å²) < 4.78 is 1.66. The van der Waals surface area contributed by atoms with Crippen LogP contribution >= 0.6 is 0 Å². The van der Waals surface area contributed by atoms with Gasteiger partial charge in [0.15, 0.2) is 0 Å². The van der Waals surface area contributed by atoms with Crippen molar-refractivity contribution in [2.45, 2.75) is 38.1 Å². The Morgan fingerprint density at radius 2 is 2.00 bits per heavy atom. The fourth-order valence-electron chi connectivity index (χ4n) is 2.62. The van der Waals surface area contributed by atoms with Crippen LogP contribution in [-0.2, 0) is 0 Å². The number of carbonyl (C=O) groups excluding carboxylic acids is 1. The Morgan fingerprint density at radius 3 is 2.84 bits per heavy atom. The van der Waals surface area contributed by atoms with Gasteiger partial charge in [0.2, 0.25) is 0 Å². The number of imidazole rings is 1. The molecule has 0 spiro atoms. The van der Waals surface area contributed by atoms with E-state index in [2.05, 4.69) is 15.7 Å². The number of nitrogens with zero attached hydrogens (tertiary/aromatic N) is 2. The number of carbonyl (C=O) groups is 1. The Hall–Kier alpha value is -2.04. The van der Waals surface area contributed by atoms with Crippen molar-refractivity contribution in [1.29, 1.82) is 0 Å². The standard InChI is InChI=1S/C14H18N4O/c19-14(16-11-6-2-1-3-7-11)17-18-10-15-12-8-4-5-9-13(12)18/h4-5,8-11H,1-3,6-7H2,(H2,16,17,19). The average Bonchev–Trinajstić information content (AvgIpc) is 2.83. The molecule has 1 saturated carbocycles. The number of hydrogen-bond donors (Lipinski definition) is 2. The molecule has 1 aliphatic rings. The van der Waals surface area contributed by atoms with Gasteiger partial charge >= 0.3 is 6.03 Å². The Labute approximate surface area is 112 Å². The normalized spacial score (nSPS) is 16.4. The van der Waals surface area contributed by atoms with Crippen LogP contribution in [0.1, 0.15) is 32.1 Å². The van der Waals surface area contributed by atoms with Crippen molar-refractivity contribution in [3.05, 3.63) is 30.6 Å². The van der Waals surface area contributed by atoms with Gasteiger partial charge in [-0.15, -0.1) is 0 Å². The minimum absolute atomic E-state index is 0.157. The molecule has 5 nitrogen and oxygen atoms in total. The lowest BCUT2D eigenvalue weighted by Crippen LogP contribution is -2.41. The van der Waals surface area contributed by atoms with Crippen LogP contribution in [0.3, 0.4) is 0 Å². The van der Waals surface area contributed by atoms with E-state index in [1.165, 1.54) is 19.3 Å². The Morgan fingerprint density at radius 1 is 1.21 bits per heavy atom. The van der Waals surface area contributed by atoms with E-state index in [0.29, 0.717) is 6.04 Å². The number of nitrogens with one attached hydrogen (secondary N) is 2. The van der Waals surface area contributed by atoms with Crippen molar-refractivity contribution in [2.24, 2.45) is 0 Å². The number of para-hydroxylation sites is 2. The van der Waals surface area contributed by atoms with Crippen LogP contribution < -0.4 is 10.7 Å². The zero-order valence-electron chi connectivity index (χ0n) is 10.8. The van der Waals surface area contributed by atoms with E-state index in [1.54, 1.807) is 11.0 Å². The molecule has 0 radical (unpaired) electrons. The van der Waals surface area contributed by atoms with Gasteiger partial charge in [-0.25, -0.2) is 19.9 Å². The van der Waals surface area contributed by atoms with Gasteiger partial charge in [-0.3, -0.25) is 0 Å². The van der Waals surface area contributed by atoms with Gasteiger partial charge < -0.3 is 5.32 Å². The molecule has 0 atom stereocenters. The second kappa shape index (κ2) is 5.30. The summed E-state index contributed by atoms with van der Waals surface area (Å²) in [5, 5.41) is 3.02. The molecule has 2 amide bonds. The molecule has 0 aliphatic heterocycles. The van der Waals surface area contributed by atoms with E-state index in [1.807, 2.05) is 24.3 Å². The maximum absolute atomic E-state index is 12.0. The van der Waals surface area contributed by atoms with Gasteiger partial charge in [0.05, 0.1) is 11.0 Å². The monoisotopic (exact) mass is 258 g/mol. The summed E-state index contributed by atoms with van der Waals surface area (Å²) in [5.41, 5.74) is 4.60. The SMILES string of the molecule is O=C(NC1CCCCC1)Nn1cnc2ccccc21. The lowest BCUT2D eigenvalue weighted by atomic mass is 9.96. The first-order valence-corrected chi connectivity index (χ1v) is 6.82. The van der Waals surface area contributed by atoms with Crippen LogP contribution in [0.4, 0.5) is 4.79 Å². The van der Waals surface area contributed by atoms with Crippen LogP contribution in [0.25, 0.3) is 11.0 Å². The number of rotatable bonds is 2. The van der Waals surface area contributed by atoms with Crippen LogP contribution in [0, 0.1) is 0 Å². The van der Waals surface area contributed by atoms with Gasteiger partial charge in [-0.05, 0) is 25.0 Å². The smallest absolute Gasteiger partial charge is 0.334 e. The van der Waals surface area contributed by atoms with Crippen molar-refractivity contribution in [3.63, 3.8) is 0 Å². The van der Waals surface area contributed by atoms with E-state index in [4.69, 9.17) is 0 Å². The summed E-state index contributed by atoms with van der Waals surface area (Å²) in [6, 6.07) is 7.87. The zero-order valence-corrected chi connectivity index (χ0v) is 10.8. The topological polar surface area (TPSA) is 59.0 Å². The average molecular weight is 258 g/mol. The quantitative estimate of drug-likeness (QED) is 0.870. The highest BCUT2D eigenvalue weighted by Gasteiger charge is 2.15. The maximum Gasteiger partial charge on any atom is 0.334 e. The second-order valence-electron chi connectivity index (χ2n) is 5.02. The van der Waals surface area contributed by atoms with E-state index < -0.39 is 0 Å². The highest BCUT2D eigenvalue weighted by atomic mass is 16.2. The van der Waals surface area contributed by atoms with Crippen molar-refractivity contribution in [1.82, 2.24) is 15.0 Å². The van der Waals surface area contributed by atoms with E-state index >= 15 is 0 Å². The summed E-state index contributed by atoms with van der Waals surface area (Å²) in [7, 11) is 0. The summed E-state index contributed by atoms with van der Waals surface area (Å²) >= 11 is 0. The first-order chi connectivity index (χ1) is 9.33. The number of hydrogen-bond acceptors (Lipinski definition) is 2. The van der Waals surface area contributed by atoms with Crippen molar-refractivity contribution in [3.8, 4) is 0 Å². The molecular formula is C14H18N4O. The van der Waals surface area contributed by atoms with E-state index in [9.17, 15) is 4.79 Å². The fourth-order valence-corrected chi connectivity index (χ4v) is 2.62. The van der Waals surface area contributed by atoms with E-state index in [0.717, 1.165) is 23.9 Å². The molecule has 1 heterocycles. The van der Waals surface area contributed by atoms with Crippen LogP contribution in [-0.4, -0.2) is 21.7 Å². The molecule has 19 heavy (non-hydrogen) atoms. The van der Waals surface area contributed by atoms with Crippen LogP contribution in [0.2, 0.25) is 0 Å². The third-order valence-corrected chi connectivity index (χ3v) is 3.62. The predicted octanol–water partition coefficient (Wildman–Crippen LogP) is 2.62. The molecule has 2 N–H and O–H groups in total. The summed E-state index contributed by atoms with van der Waals surface area (Å²) in [6.07, 6.45) is 7.49. The lowest BCUT2D eigenvalue weighted by molar-refractivity contribution is 0.241. The molecule has 100 valence electrons. The summed E-state index contributed by atoms with van der Waals surface area (Å²) in [4.78, 5) is 16.2. The minimum Gasteiger partial charge on any atom is -0.334 e. The lowest BCUT2D eigenvalue weighted by Gasteiger charge is -2.22. The van der Waals surface area contributed by atoms with Crippen molar-refractivity contribution < 1.29 is 4.79 Å².